The number of pyridine rings is 1. The van der Waals surface area contributed by atoms with Gasteiger partial charge >= 0.3 is 0 Å². The van der Waals surface area contributed by atoms with Crippen LogP contribution in [0.3, 0.4) is 0 Å². The quantitative estimate of drug-likeness (QED) is 0.796. The molecule has 1 aromatic rings. The summed E-state index contributed by atoms with van der Waals surface area (Å²) < 4.78 is 0. The van der Waals surface area contributed by atoms with Crippen LogP contribution in [0.25, 0.3) is 0 Å². The van der Waals surface area contributed by atoms with Gasteiger partial charge in [0.15, 0.2) is 0 Å². The molecule has 82 valence electrons. The zero-order valence-electron chi connectivity index (χ0n) is 9.43. The lowest BCUT2D eigenvalue weighted by molar-refractivity contribution is 0.198. The molecule has 2 N–H and O–H groups in total. The van der Waals surface area contributed by atoms with Gasteiger partial charge in [0.2, 0.25) is 0 Å². The molecule has 1 aromatic heterocycles. The molecular weight excluding hydrogens is 186 g/mol. The first-order valence-corrected chi connectivity index (χ1v) is 5.61. The summed E-state index contributed by atoms with van der Waals surface area (Å²) in [5, 5.41) is 0. The zero-order valence-corrected chi connectivity index (χ0v) is 9.43. The Morgan fingerprint density at radius 1 is 1.53 bits per heavy atom. The van der Waals surface area contributed by atoms with E-state index >= 15 is 0 Å². The average molecular weight is 205 g/mol. The molecule has 0 spiro atoms. The van der Waals surface area contributed by atoms with Crippen LogP contribution in [0.15, 0.2) is 24.5 Å². The molecule has 2 rings (SSSR count). The lowest BCUT2D eigenvalue weighted by atomic mass is 10.0. The van der Waals surface area contributed by atoms with Crippen LogP contribution in [0.2, 0.25) is 0 Å². The molecule has 1 fully saturated rings. The van der Waals surface area contributed by atoms with E-state index in [-0.39, 0.29) is 6.04 Å². The third kappa shape index (κ3) is 2.03. The first-order valence-electron chi connectivity index (χ1n) is 5.61. The van der Waals surface area contributed by atoms with E-state index in [0.717, 1.165) is 13.0 Å². The first-order chi connectivity index (χ1) is 7.20. The second kappa shape index (κ2) is 4.29. The number of hydrogen-bond donors (Lipinski definition) is 1. The van der Waals surface area contributed by atoms with Crippen LogP contribution in [-0.2, 0) is 0 Å². The minimum atomic E-state index is 0.247. The monoisotopic (exact) mass is 205 g/mol. The van der Waals surface area contributed by atoms with Crippen molar-refractivity contribution >= 4 is 0 Å². The molecular formula is C12H19N3. The van der Waals surface area contributed by atoms with Crippen LogP contribution in [0.1, 0.15) is 31.9 Å². The molecule has 2 atom stereocenters. The highest BCUT2D eigenvalue weighted by atomic mass is 15.2. The van der Waals surface area contributed by atoms with E-state index < -0.39 is 0 Å². The fourth-order valence-electron chi connectivity index (χ4n) is 2.41. The van der Waals surface area contributed by atoms with Crippen molar-refractivity contribution in [3.63, 3.8) is 0 Å². The summed E-state index contributed by atoms with van der Waals surface area (Å²) in [5.74, 6) is 0. The molecule has 15 heavy (non-hydrogen) atoms. The van der Waals surface area contributed by atoms with Gasteiger partial charge in [-0.1, -0.05) is 6.07 Å². The van der Waals surface area contributed by atoms with Gasteiger partial charge < -0.3 is 5.73 Å². The van der Waals surface area contributed by atoms with Crippen molar-refractivity contribution in [3.05, 3.63) is 30.1 Å². The van der Waals surface area contributed by atoms with E-state index in [2.05, 4.69) is 29.8 Å². The third-order valence-electron chi connectivity index (χ3n) is 3.17. The van der Waals surface area contributed by atoms with Gasteiger partial charge in [0.05, 0.1) is 6.04 Å². The maximum Gasteiger partial charge on any atom is 0.0517 e. The maximum atomic E-state index is 6.17. The Kier molecular flexibility index (Phi) is 3.03. The second-order valence-corrected chi connectivity index (χ2v) is 4.52. The molecule has 0 amide bonds. The molecule has 1 aliphatic rings. The highest BCUT2D eigenvalue weighted by Crippen LogP contribution is 2.32. The number of likely N-dealkylation sites (tertiary alicyclic amines) is 1. The Morgan fingerprint density at radius 2 is 2.33 bits per heavy atom. The van der Waals surface area contributed by atoms with Gasteiger partial charge in [-0.3, -0.25) is 9.88 Å². The van der Waals surface area contributed by atoms with E-state index in [1.165, 1.54) is 5.56 Å². The van der Waals surface area contributed by atoms with E-state index in [1.54, 1.807) is 0 Å². The number of nitrogens with two attached hydrogens (primary N) is 1. The Morgan fingerprint density at radius 3 is 2.93 bits per heavy atom. The summed E-state index contributed by atoms with van der Waals surface area (Å²) in [6.07, 6.45) is 4.83. The zero-order chi connectivity index (χ0) is 10.8. The van der Waals surface area contributed by atoms with Crippen molar-refractivity contribution in [2.45, 2.75) is 38.4 Å². The normalized spacial score (nSPS) is 27.5. The molecule has 0 aromatic carbocycles. The summed E-state index contributed by atoms with van der Waals surface area (Å²) in [5.41, 5.74) is 7.42. The Bertz CT molecular complexity index is 310. The summed E-state index contributed by atoms with van der Waals surface area (Å²) in [6.45, 7) is 5.54. The smallest absolute Gasteiger partial charge is 0.0517 e. The van der Waals surface area contributed by atoms with Crippen LogP contribution >= 0.6 is 0 Å². The second-order valence-electron chi connectivity index (χ2n) is 4.52. The van der Waals surface area contributed by atoms with Crippen LogP contribution in [0.4, 0.5) is 0 Å². The molecule has 0 bridgehead atoms. The number of hydrogen-bond acceptors (Lipinski definition) is 3. The number of nitrogens with zero attached hydrogens (tertiary/aromatic N) is 2. The van der Waals surface area contributed by atoms with E-state index in [1.807, 2.05) is 18.5 Å². The molecule has 0 saturated carbocycles. The molecule has 0 radical (unpaired) electrons. The SMILES string of the molecule is CC(C)N1CCC(N)C1c1cccnc1. The lowest BCUT2D eigenvalue weighted by Gasteiger charge is -2.30. The largest absolute Gasteiger partial charge is 0.326 e. The fraction of sp³-hybridized carbons (Fsp3) is 0.583. The highest BCUT2D eigenvalue weighted by Gasteiger charge is 2.34. The summed E-state index contributed by atoms with van der Waals surface area (Å²) in [6, 6.07) is 5.25. The predicted molar refractivity (Wildman–Crippen MR) is 61.4 cm³/mol. The summed E-state index contributed by atoms with van der Waals surface area (Å²) >= 11 is 0. The van der Waals surface area contributed by atoms with Crippen molar-refractivity contribution in [1.29, 1.82) is 0 Å². The van der Waals surface area contributed by atoms with Gasteiger partial charge in [0.1, 0.15) is 0 Å². The highest BCUT2D eigenvalue weighted by molar-refractivity contribution is 5.18. The average Bonchev–Trinajstić information content (AvgIpc) is 2.61. The van der Waals surface area contributed by atoms with Crippen molar-refractivity contribution in [2.75, 3.05) is 6.54 Å². The molecule has 1 aliphatic heterocycles. The van der Waals surface area contributed by atoms with Gasteiger partial charge in [-0.2, -0.15) is 0 Å². The summed E-state index contributed by atoms with van der Waals surface area (Å²) in [4.78, 5) is 6.64. The van der Waals surface area contributed by atoms with Gasteiger partial charge in [0, 0.05) is 31.0 Å². The van der Waals surface area contributed by atoms with E-state index in [4.69, 9.17) is 5.73 Å². The van der Waals surface area contributed by atoms with Gasteiger partial charge in [0.25, 0.3) is 0 Å². The molecule has 2 heterocycles. The van der Waals surface area contributed by atoms with Crippen LogP contribution < -0.4 is 5.73 Å². The molecule has 3 nitrogen and oxygen atoms in total. The topological polar surface area (TPSA) is 42.1 Å². The van der Waals surface area contributed by atoms with Crippen LogP contribution in [0, 0.1) is 0 Å². The minimum absolute atomic E-state index is 0.247. The van der Waals surface area contributed by atoms with Gasteiger partial charge in [-0.05, 0) is 31.9 Å². The van der Waals surface area contributed by atoms with Crippen molar-refractivity contribution in [2.24, 2.45) is 5.73 Å². The van der Waals surface area contributed by atoms with Crippen molar-refractivity contribution < 1.29 is 0 Å². The van der Waals surface area contributed by atoms with E-state index in [0.29, 0.717) is 12.1 Å². The lowest BCUT2D eigenvalue weighted by Crippen LogP contribution is -2.35. The number of rotatable bonds is 2. The van der Waals surface area contributed by atoms with E-state index in [9.17, 15) is 0 Å². The Hall–Kier alpha value is -0.930. The molecule has 2 unspecified atom stereocenters. The summed E-state index contributed by atoms with van der Waals surface area (Å²) in [7, 11) is 0. The molecule has 1 saturated heterocycles. The molecule has 0 aliphatic carbocycles. The van der Waals surface area contributed by atoms with Gasteiger partial charge in [-0.15, -0.1) is 0 Å². The van der Waals surface area contributed by atoms with Gasteiger partial charge in [-0.25, -0.2) is 0 Å². The number of aromatic nitrogens is 1. The van der Waals surface area contributed by atoms with Crippen molar-refractivity contribution in [1.82, 2.24) is 9.88 Å². The van der Waals surface area contributed by atoms with Crippen LogP contribution in [-0.4, -0.2) is 28.5 Å². The van der Waals surface area contributed by atoms with Crippen LogP contribution in [0.5, 0.6) is 0 Å². The minimum Gasteiger partial charge on any atom is -0.326 e. The third-order valence-corrected chi connectivity index (χ3v) is 3.17. The first kappa shape index (κ1) is 10.6. The van der Waals surface area contributed by atoms with Crippen molar-refractivity contribution in [3.8, 4) is 0 Å². The fourth-order valence-corrected chi connectivity index (χ4v) is 2.41. The standard InChI is InChI=1S/C12H19N3/c1-9(2)15-7-5-11(13)12(15)10-4-3-6-14-8-10/h3-4,6,8-9,11-12H,5,7,13H2,1-2H3. The Balaban J connectivity index is 2.25. The Labute approximate surface area is 91.3 Å². The predicted octanol–water partition coefficient (Wildman–Crippen LogP) is 1.56. The maximum absolute atomic E-state index is 6.17. The molecule has 3 heteroatoms.